The quantitative estimate of drug-likeness (QED) is 0.0794. The summed E-state index contributed by atoms with van der Waals surface area (Å²) in [5, 5.41) is 10.3. The van der Waals surface area contributed by atoms with Gasteiger partial charge in [-0.15, -0.1) is 11.8 Å². The Balaban J connectivity index is 1.62. The Morgan fingerprint density at radius 1 is 1.03 bits per heavy atom. The molecule has 0 aliphatic heterocycles. The minimum atomic E-state index is -0.660. The molecule has 0 aromatic heterocycles. The maximum atomic E-state index is 13.7. The van der Waals surface area contributed by atoms with Crippen LogP contribution in [0.15, 0.2) is 102 Å². The van der Waals surface area contributed by atoms with E-state index in [2.05, 4.69) is 21.2 Å². The zero-order valence-electron chi connectivity index (χ0n) is 19.7. The van der Waals surface area contributed by atoms with Crippen molar-refractivity contribution >= 4 is 65.8 Å². The van der Waals surface area contributed by atoms with Crippen molar-refractivity contribution in [2.45, 2.75) is 16.8 Å². The van der Waals surface area contributed by atoms with Crippen LogP contribution in [0.25, 0.3) is 0 Å². The van der Waals surface area contributed by atoms with Gasteiger partial charge in [-0.3, -0.25) is 4.79 Å². The second-order valence-electron chi connectivity index (χ2n) is 7.59. The highest BCUT2D eigenvalue weighted by molar-refractivity contribution is 14.2. The van der Waals surface area contributed by atoms with Crippen LogP contribution in [-0.4, -0.2) is 12.2 Å². The van der Waals surface area contributed by atoms with E-state index in [1.807, 2.05) is 60.7 Å². The van der Waals surface area contributed by atoms with Crippen LogP contribution < -0.4 is 8.92 Å². The molecule has 4 aromatic rings. The summed E-state index contributed by atoms with van der Waals surface area (Å²) in [5.41, 5.74) is 2.27. The predicted molar refractivity (Wildman–Crippen MR) is 160 cm³/mol. The van der Waals surface area contributed by atoms with Gasteiger partial charge in [0.2, 0.25) is 0 Å². The van der Waals surface area contributed by atoms with Crippen LogP contribution in [0.2, 0.25) is 5.02 Å². The van der Waals surface area contributed by atoms with Crippen LogP contribution in [0.4, 0.5) is 0 Å². The Hall–Kier alpha value is -2.03. The Kier molecular flexibility index (Phi) is 9.23. The van der Waals surface area contributed by atoms with E-state index in [-0.39, 0.29) is 16.6 Å². The molecule has 1 N–H and O–H groups in total. The number of hydrogen-bond donors (Lipinski definition) is 1. The molecule has 2 atom stereocenters. The lowest BCUT2D eigenvalue weighted by Gasteiger charge is -2.19. The monoisotopic (exact) mass is 668 g/mol. The van der Waals surface area contributed by atoms with Crippen molar-refractivity contribution in [1.29, 1.82) is 1.28 Å². The molecule has 184 valence electrons. The number of ketones is 1. The maximum Gasteiger partial charge on any atom is 0.180 e. The van der Waals surface area contributed by atoms with Gasteiger partial charge in [0.05, 0.1) is 22.7 Å². The van der Waals surface area contributed by atoms with Crippen molar-refractivity contribution in [2.75, 3.05) is 0 Å². The second kappa shape index (κ2) is 13.0. The number of thioether (sulfide) groups is 1. The number of halogens is 2. The highest BCUT2D eigenvalue weighted by Crippen LogP contribution is 2.48. The molecule has 4 nitrogen and oxygen atoms in total. The van der Waals surface area contributed by atoms with Gasteiger partial charge in [0, 0.05) is 26.8 Å². The summed E-state index contributed by atoms with van der Waals surface area (Å²) in [6, 6.07) is 29.1. The molecular formula is C27H21ClIO4PS2. The third kappa shape index (κ3) is 7.05. The van der Waals surface area contributed by atoms with E-state index < -0.39 is 12.8 Å². The Labute approximate surface area is 237 Å². The molecule has 2 unspecified atom stereocenters. The van der Waals surface area contributed by atoms with E-state index in [4.69, 9.17) is 21.8 Å². The molecule has 0 saturated heterocycles. The van der Waals surface area contributed by atoms with Crippen LogP contribution in [0.5, 0.6) is 17.2 Å². The zero-order chi connectivity index (χ0) is 26.2. The lowest BCUT2D eigenvalue weighted by atomic mass is 10.0. The lowest BCUT2D eigenvalue weighted by Crippen LogP contribution is -2.10. The smallest absolute Gasteiger partial charge is 0.180 e. The third-order valence-corrected chi connectivity index (χ3v) is 8.11. The van der Waals surface area contributed by atoms with Crippen LogP contribution in [0.3, 0.4) is 0 Å². The SMILES string of the molecule is [3H]P=S(I)Oc1ccc(C(=O)C(Sc2c(O)ccc(OCc3ccccc3)c2Cl)c2ccccc2)cc1. The Morgan fingerprint density at radius 3 is 2.36 bits per heavy atom. The number of rotatable bonds is 10. The fourth-order valence-electron chi connectivity index (χ4n) is 3.41. The zero-order valence-corrected chi connectivity index (χ0v) is 24.2. The number of phenols is 1. The van der Waals surface area contributed by atoms with Crippen molar-refractivity contribution in [1.82, 2.24) is 0 Å². The van der Waals surface area contributed by atoms with E-state index in [9.17, 15) is 9.90 Å². The first kappa shape index (κ1) is 25.6. The van der Waals surface area contributed by atoms with Gasteiger partial charge in [-0.05, 0) is 55.5 Å². The molecule has 0 spiro atoms. The van der Waals surface area contributed by atoms with Crippen molar-refractivity contribution in [3.8, 4) is 17.2 Å². The normalized spacial score (nSPS) is 13.0. The molecule has 0 amide bonds. The average molecular weight is 669 g/mol. The first-order valence-corrected chi connectivity index (χ1v) is 16.7. The number of benzene rings is 4. The third-order valence-electron chi connectivity index (χ3n) is 5.16. The molecule has 9 heteroatoms. The Bertz CT molecular complexity index is 1390. The maximum absolute atomic E-state index is 13.7. The lowest BCUT2D eigenvalue weighted by molar-refractivity contribution is 0.0989. The van der Waals surface area contributed by atoms with Crippen molar-refractivity contribution < 1.29 is 18.8 Å². The van der Waals surface area contributed by atoms with Crippen LogP contribution >= 0.6 is 52.5 Å². The van der Waals surface area contributed by atoms with E-state index in [1.165, 1.54) is 17.8 Å². The fourth-order valence-corrected chi connectivity index (χ4v) is 6.07. The summed E-state index contributed by atoms with van der Waals surface area (Å²) in [7, 11) is -0.172. The largest absolute Gasteiger partial charge is 0.507 e. The number of carbonyl (C=O) groups excluding carboxylic acids is 1. The molecule has 0 bridgehead atoms. The van der Waals surface area contributed by atoms with E-state index in [1.54, 1.807) is 30.3 Å². The van der Waals surface area contributed by atoms with Gasteiger partial charge in [-0.2, -0.15) is 0 Å². The van der Waals surface area contributed by atoms with Crippen LogP contribution in [0.1, 0.15) is 26.7 Å². The fraction of sp³-hybridized carbons (Fsp3) is 0.0741. The first-order chi connectivity index (χ1) is 18.0. The highest BCUT2D eigenvalue weighted by atomic mass is 127. The summed E-state index contributed by atoms with van der Waals surface area (Å²) in [6.45, 7) is 0.323. The van der Waals surface area contributed by atoms with Crippen molar-refractivity contribution in [3.05, 3.63) is 119 Å². The number of phenolic OH excluding ortho intramolecular Hbond substituents is 1. The molecule has 0 fully saturated rings. The molecule has 0 aliphatic rings. The van der Waals surface area contributed by atoms with E-state index in [0.29, 0.717) is 36.5 Å². The molecule has 0 saturated carbocycles. The molecule has 0 aliphatic carbocycles. The predicted octanol–water partition coefficient (Wildman–Crippen LogP) is 8.66. The molecule has 4 rings (SSSR count). The number of Topliss-reactive ketones (excluding diaryl/α,β-unsaturated/α-hetero) is 1. The molecular weight excluding hydrogens is 646 g/mol. The molecule has 0 heterocycles. The number of ether oxygens (including phenoxy) is 1. The summed E-state index contributed by atoms with van der Waals surface area (Å²) in [4.78, 5) is 14.1. The minimum Gasteiger partial charge on any atom is -0.507 e. The number of aromatic hydroxyl groups is 1. The summed E-state index contributed by atoms with van der Waals surface area (Å²) >= 11 is 9.95. The topological polar surface area (TPSA) is 55.8 Å². The second-order valence-corrected chi connectivity index (χ2v) is 15.1. The van der Waals surface area contributed by atoms with E-state index >= 15 is 0 Å². The number of carbonyl (C=O) groups is 1. The minimum absolute atomic E-state index is 0.0248. The van der Waals surface area contributed by atoms with Crippen LogP contribution in [0, 0.1) is 0 Å². The molecule has 4 aromatic carbocycles. The average Bonchev–Trinajstić information content (AvgIpc) is 2.93. The van der Waals surface area contributed by atoms with Crippen molar-refractivity contribution in [2.24, 2.45) is 0 Å². The van der Waals surface area contributed by atoms with Gasteiger partial charge in [-0.25, -0.2) is 0 Å². The van der Waals surface area contributed by atoms with Crippen LogP contribution in [-0.2, 0) is 14.1 Å². The number of hydrogen-bond acceptors (Lipinski definition) is 5. The van der Waals surface area contributed by atoms with Gasteiger partial charge in [-0.1, -0.05) is 72.3 Å². The van der Waals surface area contributed by atoms with Gasteiger partial charge in [0.1, 0.15) is 25.1 Å². The molecule has 0 radical (unpaired) electrons. The van der Waals surface area contributed by atoms with E-state index in [0.717, 1.165) is 11.1 Å². The van der Waals surface area contributed by atoms with Crippen molar-refractivity contribution in [3.63, 3.8) is 0 Å². The first-order valence-electron chi connectivity index (χ1n) is 11.2. The van der Waals surface area contributed by atoms with Gasteiger partial charge in [0.15, 0.2) is 5.78 Å². The summed E-state index contributed by atoms with van der Waals surface area (Å²) in [6.07, 6.45) is 0. The van der Waals surface area contributed by atoms with Gasteiger partial charge in [0.25, 0.3) is 0 Å². The Morgan fingerprint density at radius 2 is 1.69 bits per heavy atom. The summed E-state index contributed by atoms with van der Waals surface area (Å²) < 4.78 is 19.0. The molecule has 36 heavy (non-hydrogen) atoms. The highest BCUT2D eigenvalue weighted by Gasteiger charge is 2.27. The van der Waals surface area contributed by atoms with Gasteiger partial charge < -0.3 is 14.0 Å². The standard InChI is InChI=1S/C27H21ClIO4PS2/c28-24-23(32-17-18-7-3-1-4-8-18)16-15-22(30)27(24)35-26(20-9-5-2-6-10-20)25(31)19-11-13-21(14-12-19)33-36(29)34/h1-16,26,30,34H,17H2/i34T. The summed E-state index contributed by atoms with van der Waals surface area (Å²) in [5.74, 6) is 0.862. The van der Waals surface area contributed by atoms with Gasteiger partial charge >= 0.3 is 0 Å².